The molecule has 7 nitrogen and oxygen atoms in total. The Morgan fingerprint density at radius 3 is 2.43 bits per heavy atom. The van der Waals surface area contributed by atoms with Gasteiger partial charge in [0.2, 0.25) is 5.95 Å². The monoisotopic (exact) mass is 409 g/mol. The third-order valence-corrected chi connectivity index (χ3v) is 5.90. The smallest absolute Gasteiger partial charge is 0.332 e. The molecule has 4 rings (SSSR count). The normalized spacial score (nSPS) is 15.2. The number of hydrogen-bond donors (Lipinski definition) is 1. The summed E-state index contributed by atoms with van der Waals surface area (Å²) in [5, 5.41) is 3.59. The van der Waals surface area contributed by atoms with Gasteiger partial charge in [0, 0.05) is 19.6 Å². The summed E-state index contributed by atoms with van der Waals surface area (Å²) in [5.74, 6) is 0.943. The lowest BCUT2D eigenvalue weighted by molar-refractivity contribution is 0.459. The highest BCUT2D eigenvalue weighted by Crippen LogP contribution is 2.24. The number of hydrogen-bond acceptors (Lipinski definition) is 4. The van der Waals surface area contributed by atoms with Crippen LogP contribution in [0.5, 0.6) is 0 Å². The molecule has 1 aliphatic carbocycles. The minimum Gasteiger partial charge on any atom is -0.353 e. The Labute approximate surface area is 176 Å². The maximum atomic E-state index is 13.2. The molecule has 0 saturated heterocycles. The van der Waals surface area contributed by atoms with Gasteiger partial charge in [-0.3, -0.25) is 18.5 Å². The molecular weight excluding hydrogens is 378 g/mol. The van der Waals surface area contributed by atoms with Crippen molar-refractivity contribution in [2.45, 2.75) is 65.1 Å². The van der Waals surface area contributed by atoms with Crippen LogP contribution in [0.3, 0.4) is 0 Å². The van der Waals surface area contributed by atoms with Crippen molar-refractivity contribution in [3.05, 3.63) is 56.7 Å². The number of anilines is 1. The molecule has 0 radical (unpaired) electrons. The molecule has 1 aromatic carbocycles. The second kappa shape index (κ2) is 8.50. The topological polar surface area (TPSA) is 73.8 Å². The summed E-state index contributed by atoms with van der Waals surface area (Å²) in [6.45, 7) is 5.17. The van der Waals surface area contributed by atoms with E-state index in [1.54, 1.807) is 11.6 Å². The van der Waals surface area contributed by atoms with E-state index >= 15 is 0 Å². The summed E-state index contributed by atoms with van der Waals surface area (Å²) >= 11 is 0. The fourth-order valence-electron chi connectivity index (χ4n) is 4.35. The lowest BCUT2D eigenvalue weighted by Crippen LogP contribution is -2.39. The Balaban J connectivity index is 1.91. The number of nitrogens with one attached hydrogen (secondary N) is 1. The number of benzene rings is 1. The van der Waals surface area contributed by atoms with Gasteiger partial charge in [-0.15, -0.1) is 0 Å². The third-order valence-electron chi connectivity index (χ3n) is 5.90. The number of nitrogens with zero attached hydrogens (tertiary/aromatic N) is 4. The second-order valence-corrected chi connectivity index (χ2v) is 8.81. The van der Waals surface area contributed by atoms with Crippen molar-refractivity contribution in [3.8, 4) is 0 Å². The lowest BCUT2D eigenvalue weighted by atomic mass is 9.96. The van der Waals surface area contributed by atoms with Gasteiger partial charge in [-0.25, -0.2) is 4.79 Å². The van der Waals surface area contributed by atoms with Crippen molar-refractivity contribution >= 4 is 17.1 Å². The van der Waals surface area contributed by atoms with Gasteiger partial charge in [-0.2, -0.15) is 4.98 Å². The van der Waals surface area contributed by atoms with Crippen molar-refractivity contribution < 1.29 is 0 Å². The Kier molecular flexibility index (Phi) is 5.79. The molecule has 2 heterocycles. The molecule has 1 N–H and O–H groups in total. The average Bonchev–Trinajstić information content (AvgIpc) is 3.08. The first-order chi connectivity index (χ1) is 14.5. The SMILES string of the molecule is CC(C)Cn1c(=O)n(C)c(=O)c2c1nc(NC1CCCCC1)n2Cc1ccccc1. The zero-order valence-corrected chi connectivity index (χ0v) is 18.1. The largest absolute Gasteiger partial charge is 0.353 e. The lowest BCUT2D eigenvalue weighted by Gasteiger charge is -2.23. The van der Waals surface area contributed by atoms with Crippen molar-refractivity contribution in [1.82, 2.24) is 18.7 Å². The first kappa shape index (κ1) is 20.4. The van der Waals surface area contributed by atoms with Gasteiger partial charge in [0.25, 0.3) is 5.56 Å². The molecule has 2 aromatic heterocycles. The number of fused-ring (bicyclic) bond motifs is 1. The minimum absolute atomic E-state index is 0.262. The maximum absolute atomic E-state index is 13.2. The summed E-state index contributed by atoms with van der Waals surface area (Å²) in [5.41, 5.74) is 1.45. The van der Waals surface area contributed by atoms with E-state index in [2.05, 4.69) is 19.2 Å². The van der Waals surface area contributed by atoms with Gasteiger partial charge < -0.3 is 5.32 Å². The van der Waals surface area contributed by atoms with Gasteiger partial charge in [0.1, 0.15) is 0 Å². The summed E-state index contributed by atoms with van der Waals surface area (Å²) in [7, 11) is 1.55. The summed E-state index contributed by atoms with van der Waals surface area (Å²) in [4.78, 5) is 30.8. The predicted molar refractivity (Wildman–Crippen MR) is 120 cm³/mol. The van der Waals surface area contributed by atoms with Crippen molar-refractivity contribution in [2.24, 2.45) is 13.0 Å². The van der Waals surface area contributed by atoms with Crippen LogP contribution in [-0.4, -0.2) is 24.7 Å². The van der Waals surface area contributed by atoms with Gasteiger partial charge in [0.05, 0.1) is 6.54 Å². The molecule has 1 aliphatic rings. The van der Waals surface area contributed by atoms with Crippen LogP contribution in [0.1, 0.15) is 51.5 Å². The number of rotatable bonds is 6. The van der Waals surface area contributed by atoms with E-state index in [-0.39, 0.29) is 17.2 Å². The molecule has 0 spiro atoms. The molecule has 0 atom stereocenters. The van der Waals surface area contributed by atoms with E-state index < -0.39 is 0 Å². The second-order valence-electron chi connectivity index (χ2n) is 8.81. The highest BCUT2D eigenvalue weighted by atomic mass is 16.2. The van der Waals surface area contributed by atoms with Gasteiger partial charge in [-0.05, 0) is 24.3 Å². The van der Waals surface area contributed by atoms with E-state index in [0.29, 0.717) is 36.2 Å². The fourth-order valence-corrected chi connectivity index (χ4v) is 4.35. The van der Waals surface area contributed by atoms with E-state index in [1.165, 1.54) is 23.8 Å². The molecule has 0 amide bonds. The number of imidazole rings is 1. The fraction of sp³-hybridized carbons (Fsp3) is 0.522. The third kappa shape index (κ3) is 3.93. The van der Waals surface area contributed by atoms with Crippen molar-refractivity contribution in [1.29, 1.82) is 0 Å². The standard InChI is InChI=1S/C23H31N5O2/c1-16(2)14-28-20-19(21(29)26(3)23(28)30)27(15-17-10-6-4-7-11-17)22(25-20)24-18-12-8-5-9-13-18/h4,6-7,10-11,16,18H,5,8-9,12-15H2,1-3H3,(H,24,25). The maximum Gasteiger partial charge on any atom is 0.332 e. The molecule has 3 aromatic rings. The Hall–Kier alpha value is -2.83. The molecule has 0 aliphatic heterocycles. The van der Waals surface area contributed by atoms with E-state index in [9.17, 15) is 9.59 Å². The Morgan fingerprint density at radius 1 is 1.07 bits per heavy atom. The molecule has 1 fully saturated rings. The highest BCUT2D eigenvalue weighted by Gasteiger charge is 2.23. The first-order valence-electron chi connectivity index (χ1n) is 11.0. The van der Waals surface area contributed by atoms with Crippen LogP contribution in [0.25, 0.3) is 11.2 Å². The zero-order valence-electron chi connectivity index (χ0n) is 18.1. The van der Waals surface area contributed by atoms with Gasteiger partial charge in [-0.1, -0.05) is 63.4 Å². The molecule has 160 valence electrons. The van der Waals surface area contributed by atoms with Gasteiger partial charge in [0.15, 0.2) is 11.2 Å². The zero-order chi connectivity index (χ0) is 21.3. The van der Waals surface area contributed by atoms with Crippen LogP contribution in [-0.2, 0) is 20.1 Å². The summed E-state index contributed by atoms with van der Waals surface area (Å²) in [6.07, 6.45) is 5.89. The van der Waals surface area contributed by atoms with Crippen LogP contribution >= 0.6 is 0 Å². The Morgan fingerprint density at radius 2 is 1.77 bits per heavy atom. The van der Waals surface area contributed by atoms with E-state index in [0.717, 1.165) is 18.4 Å². The molecule has 7 heteroatoms. The molecule has 0 unspecified atom stereocenters. The molecule has 1 saturated carbocycles. The van der Waals surface area contributed by atoms with Crippen LogP contribution in [0.15, 0.2) is 39.9 Å². The first-order valence-corrected chi connectivity index (χ1v) is 11.0. The highest BCUT2D eigenvalue weighted by molar-refractivity contribution is 5.74. The van der Waals surface area contributed by atoms with Crippen LogP contribution in [0, 0.1) is 5.92 Å². The van der Waals surface area contributed by atoms with E-state index in [4.69, 9.17) is 4.98 Å². The molecular formula is C23H31N5O2. The molecule has 0 bridgehead atoms. The van der Waals surface area contributed by atoms with Crippen LogP contribution in [0.4, 0.5) is 5.95 Å². The number of aromatic nitrogens is 4. The quantitative estimate of drug-likeness (QED) is 0.678. The molecule has 30 heavy (non-hydrogen) atoms. The van der Waals surface area contributed by atoms with E-state index in [1.807, 2.05) is 34.9 Å². The van der Waals surface area contributed by atoms with Crippen molar-refractivity contribution in [3.63, 3.8) is 0 Å². The summed E-state index contributed by atoms with van der Waals surface area (Å²) < 4.78 is 4.81. The van der Waals surface area contributed by atoms with Crippen LogP contribution in [0.2, 0.25) is 0 Å². The van der Waals surface area contributed by atoms with Crippen LogP contribution < -0.4 is 16.6 Å². The average molecular weight is 410 g/mol. The van der Waals surface area contributed by atoms with Crippen molar-refractivity contribution in [2.75, 3.05) is 5.32 Å². The predicted octanol–water partition coefficient (Wildman–Crippen LogP) is 3.35. The van der Waals surface area contributed by atoms with Gasteiger partial charge >= 0.3 is 5.69 Å². The Bertz CT molecular complexity index is 1130. The minimum atomic E-state index is -0.310. The summed E-state index contributed by atoms with van der Waals surface area (Å²) in [6, 6.07) is 10.4.